The molecule has 0 radical (unpaired) electrons. The fourth-order valence-electron chi connectivity index (χ4n) is 3.59. The molecule has 0 saturated heterocycles. The van der Waals surface area contributed by atoms with E-state index in [-0.39, 0.29) is 11.9 Å². The van der Waals surface area contributed by atoms with Crippen molar-refractivity contribution < 1.29 is 14.3 Å². The van der Waals surface area contributed by atoms with Crippen LogP contribution in [0.3, 0.4) is 0 Å². The van der Waals surface area contributed by atoms with Crippen LogP contribution in [0, 0.1) is 0 Å². The van der Waals surface area contributed by atoms with Crippen LogP contribution in [0.15, 0.2) is 78.9 Å². The number of carbonyl (C=O) groups is 2. The minimum atomic E-state index is -0.590. The van der Waals surface area contributed by atoms with E-state index >= 15 is 0 Å². The third-order valence-electron chi connectivity index (χ3n) is 5.48. The lowest BCUT2D eigenvalue weighted by molar-refractivity contribution is -0.139. The summed E-state index contributed by atoms with van der Waals surface area (Å²) in [7, 11) is 0. The van der Waals surface area contributed by atoms with Gasteiger partial charge in [-0.1, -0.05) is 54.6 Å². The summed E-state index contributed by atoms with van der Waals surface area (Å²) in [4.78, 5) is 26.3. The molecule has 1 saturated carbocycles. The number of ether oxygens (including phenoxy) is 1. The van der Waals surface area contributed by atoms with Crippen LogP contribution in [0.5, 0.6) is 5.75 Å². The van der Waals surface area contributed by atoms with Crippen molar-refractivity contribution in [2.45, 2.75) is 38.5 Å². The highest BCUT2D eigenvalue weighted by Crippen LogP contribution is 2.30. The van der Waals surface area contributed by atoms with E-state index in [9.17, 15) is 9.59 Å². The van der Waals surface area contributed by atoms with E-state index in [1.54, 1.807) is 19.1 Å². The van der Waals surface area contributed by atoms with E-state index in [0.29, 0.717) is 17.9 Å². The summed E-state index contributed by atoms with van der Waals surface area (Å²) in [5, 5.41) is 0. The molecule has 2 N–H and O–H groups in total. The molecule has 1 aliphatic rings. The highest BCUT2D eigenvalue weighted by Gasteiger charge is 2.35. The quantitative estimate of drug-likeness (QED) is 0.593. The molecule has 1 fully saturated rings. The number of nitrogens with zero attached hydrogens (tertiary/aromatic N) is 1. The van der Waals surface area contributed by atoms with Crippen LogP contribution in [0.4, 0.5) is 0 Å². The maximum Gasteiger partial charge on any atom is 0.263 e. The summed E-state index contributed by atoms with van der Waals surface area (Å²) < 4.78 is 5.96. The Morgan fingerprint density at radius 3 is 2.13 bits per heavy atom. The molecular formula is C26H26N2O3. The lowest BCUT2D eigenvalue weighted by atomic mass is 10.1. The Morgan fingerprint density at radius 1 is 0.935 bits per heavy atom. The Hall–Kier alpha value is -3.60. The zero-order valence-electron chi connectivity index (χ0n) is 17.5. The van der Waals surface area contributed by atoms with Gasteiger partial charge in [0.05, 0.1) is 0 Å². The molecule has 0 unspecified atom stereocenters. The van der Waals surface area contributed by atoms with Crippen molar-refractivity contribution >= 4 is 11.8 Å². The zero-order chi connectivity index (χ0) is 21.8. The minimum Gasteiger partial charge on any atom is -0.481 e. The van der Waals surface area contributed by atoms with E-state index in [2.05, 4.69) is 12.1 Å². The molecule has 1 atom stereocenters. The van der Waals surface area contributed by atoms with Crippen molar-refractivity contribution in [1.82, 2.24) is 4.90 Å². The van der Waals surface area contributed by atoms with Crippen molar-refractivity contribution in [2.24, 2.45) is 5.73 Å². The van der Waals surface area contributed by atoms with Crippen LogP contribution in [0.2, 0.25) is 0 Å². The molecule has 2 amide bonds. The Bertz CT molecular complexity index is 1040. The van der Waals surface area contributed by atoms with Gasteiger partial charge in [0.2, 0.25) is 5.91 Å². The molecule has 3 aromatic carbocycles. The Labute approximate surface area is 182 Å². The predicted molar refractivity (Wildman–Crippen MR) is 120 cm³/mol. The molecule has 31 heavy (non-hydrogen) atoms. The second-order valence-corrected chi connectivity index (χ2v) is 7.91. The second-order valence-electron chi connectivity index (χ2n) is 7.91. The number of amides is 2. The van der Waals surface area contributed by atoms with Crippen LogP contribution in [-0.4, -0.2) is 28.9 Å². The number of carbonyl (C=O) groups excluding carboxylic acids is 2. The van der Waals surface area contributed by atoms with Gasteiger partial charge in [-0.25, -0.2) is 0 Å². The van der Waals surface area contributed by atoms with Gasteiger partial charge in [-0.15, -0.1) is 0 Å². The lowest BCUT2D eigenvalue weighted by Crippen LogP contribution is -2.41. The molecule has 0 aromatic heterocycles. The molecule has 5 nitrogen and oxygen atoms in total. The number of rotatable bonds is 8. The molecule has 0 bridgehead atoms. The Morgan fingerprint density at radius 2 is 1.55 bits per heavy atom. The topological polar surface area (TPSA) is 72.6 Å². The maximum atomic E-state index is 13.1. The van der Waals surface area contributed by atoms with Crippen molar-refractivity contribution in [2.75, 3.05) is 0 Å². The van der Waals surface area contributed by atoms with Gasteiger partial charge in [-0.2, -0.15) is 0 Å². The Balaban J connectivity index is 1.41. The standard InChI is InChI=1S/C26H26N2O3/c1-18(31-24-15-11-21(12-16-24)20-5-3-2-4-6-20)26(30)28(23-13-14-23)17-19-7-9-22(10-8-19)25(27)29/h2-12,15-16,18,23H,13-14,17H2,1H3,(H2,27,29)/t18-/m0/s1. The number of nitrogens with two attached hydrogens (primary N) is 1. The first-order chi connectivity index (χ1) is 15.0. The molecular weight excluding hydrogens is 388 g/mol. The molecule has 5 heteroatoms. The third-order valence-corrected chi connectivity index (χ3v) is 5.48. The lowest BCUT2D eigenvalue weighted by Gasteiger charge is -2.26. The summed E-state index contributed by atoms with van der Waals surface area (Å²) in [5.74, 6) is 0.178. The van der Waals surface area contributed by atoms with E-state index < -0.39 is 12.0 Å². The number of benzene rings is 3. The number of hydrogen-bond acceptors (Lipinski definition) is 3. The van der Waals surface area contributed by atoms with Crippen LogP contribution < -0.4 is 10.5 Å². The van der Waals surface area contributed by atoms with Crippen molar-refractivity contribution in [3.05, 3.63) is 90.0 Å². The molecule has 4 rings (SSSR count). The smallest absolute Gasteiger partial charge is 0.263 e. The average Bonchev–Trinajstić information content (AvgIpc) is 3.64. The van der Waals surface area contributed by atoms with Crippen LogP contribution in [0.25, 0.3) is 11.1 Å². The fourth-order valence-corrected chi connectivity index (χ4v) is 3.59. The summed E-state index contributed by atoms with van der Waals surface area (Å²) in [5.41, 5.74) is 8.97. The fraction of sp³-hybridized carbons (Fsp3) is 0.231. The van der Waals surface area contributed by atoms with Gasteiger partial charge < -0.3 is 15.4 Å². The predicted octanol–water partition coefficient (Wildman–Crippen LogP) is 4.41. The number of hydrogen-bond donors (Lipinski definition) is 1. The van der Waals surface area contributed by atoms with Crippen LogP contribution in [-0.2, 0) is 11.3 Å². The van der Waals surface area contributed by atoms with Crippen molar-refractivity contribution in [1.29, 1.82) is 0 Å². The van der Waals surface area contributed by atoms with Gasteiger partial charge >= 0.3 is 0 Å². The van der Waals surface area contributed by atoms with Crippen LogP contribution >= 0.6 is 0 Å². The van der Waals surface area contributed by atoms with E-state index in [0.717, 1.165) is 29.5 Å². The summed E-state index contributed by atoms with van der Waals surface area (Å²) in [6.07, 6.45) is 1.42. The summed E-state index contributed by atoms with van der Waals surface area (Å²) in [6, 6.07) is 25.3. The van der Waals surface area contributed by atoms with Gasteiger partial charge in [0, 0.05) is 18.2 Å². The van der Waals surface area contributed by atoms with Gasteiger partial charge in [-0.3, -0.25) is 9.59 Å². The highest BCUT2D eigenvalue weighted by molar-refractivity contribution is 5.92. The minimum absolute atomic E-state index is 0.0337. The zero-order valence-corrected chi connectivity index (χ0v) is 17.5. The largest absolute Gasteiger partial charge is 0.481 e. The monoisotopic (exact) mass is 414 g/mol. The van der Waals surface area contributed by atoms with E-state index in [4.69, 9.17) is 10.5 Å². The van der Waals surface area contributed by atoms with Gasteiger partial charge in [0.25, 0.3) is 5.91 Å². The van der Waals surface area contributed by atoms with Crippen molar-refractivity contribution in [3.63, 3.8) is 0 Å². The molecule has 1 aliphatic carbocycles. The van der Waals surface area contributed by atoms with Gasteiger partial charge in [-0.05, 0) is 60.7 Å². The average molecular weight is 415 g/mol. The third kappa shape index (κ3) is 5.12. The van der Waals surface area contributed by atoms with Crippen LogP contribution in [0.1, 0.15) is 35.7 Å². The molecule has 3 aromatic rings. The molecule has 0 heterocycles. The van der Waals surface area contributed by atoms with E-state index in [1.165, 1.54) is 0 Å². The summed E-state index contributed by atoms with van der Waals surface area (Å²) >= 11 is 0. The first-order valence-corrected chi connectivity index (χ1v) is 10.5. The highest BCUT2D eigenvalue weighted by atomic mass is 16.5. The SMILES string of the molecule is C[C@H](Oc1ccc(-c2ccccc2)cc1)C(=O)N(Cc1ccc(C(N)=O)cc1)C1CC1. The summed E-state index contributed by atoms with van der Waals surface area (Å²) in [6.45, 7) is 2.28. The molecule has 0 aliphatic heterocycles. The first kappa shape index (κ1) is 20.7. The first-order valence-electron chi connectivity index (χ1n) is 10.5. The van der Waals surface area contributed by atoms with Gasteiger partial charge in [0.15, 0.2) is 6.10 Å². The Kier molecular flexibility index (Phi) is 6.03. The normalized spacial score (nSPS) is 14.0. The second kappa shape index (κ2) is 9.04. The molecule has 0 spiro atoms. The van der Waals surface area contributed by atoms with Crippen molar-refractivity contribution in [3.8, 4) is 16.9 Å². The number of primary amides is 1. The van der Waals surface area contributed by atoms with E-state index in [1.807, 2.05) is 59.5 Å². The van der Waals surface area contributed by atoms with Gasteiger partial charge in [0.1, 0.15) is 5.75 Å². The maximum absolute atomic E-state index is 13.1. The molecule has 158 valence electrons.